The van der Waals surface area contributed by atoms with Crippen LogP contribution < -0.4 is 0 Å². The van der Waals surface area contributed by atoms with Gasteiger partial charge in [-0.1, -0.05) is 36.4 Å². The highest BCUT2D eigenvalue weighted by Gasteiger charge is 2.27. The van der Waals surface area contributed by atoms with E-state index in [0.29, 0.717) is 6.42 Å². The van der Waals surface area contributed by atoms with Crippen molar-refractivity contribution < 1.29 is 14.6 Å². The minimum atomic E-state index is -0.551. The fraction of sp³-hybridized carbons (Fsp3) is 0.389. The number of carbonyl (C=O) groups excluding carboxylic acids is 1. The van der Waals surface area contributed by atoms with Crippen molar-refractivity contribution in [1.29, 1.82) is 0 Å². The highest BCUT2D eigenvalue weighted by Crippen LogP contribution is 2.26. The van der Waals surface area contributed by atoms with Gasteiger partial charge in [-0.3, -0.25) is 4.79 Å². The Balaban J connectivity index is 1.79. The van der Waals surface area contributed by atoms with E-state index in [0.717, 1.165) is 12.8 Å². The molecule has 21 heavy (non-hydrogen) atoms. The van der Waals surface area contributed by atoms with Gasteiger partial charge in [-0.25, -0.2) is 0 Å². The number of ether oxygens (including phenoxy) is 1. The van der Waals surface area contributed by atoms with Crippen LogP contribution in [0.15, 0.2) is 36.4 Å². The van der Waals surface area contributed by atoms with Crippen molar-refractivity contribution in [1.82, 2.24) is 0 Å². The van der Waals surface area contributed by atoms with Crippen molar-refractivity contribution in [3.8, 4) is 0 Å². The summed E-state index contributed by atoms with van der Waals surface area (Å²) in [4.78, 5) is 11.4. The number of benzene rings is 2. The molecule has 0 aromatic heterocycles. The molecule has 3 rings (SSSR count). The molecule has 2 aromatic carbocycles. The second-order valence-corrected chi connectivity index (χ2v) is 5.83. The molecule has 1 aliphatic heterocycles. The van der Waals surface area contributed by atoms with Crippen LogP contribution in [0.25, 0.3) is 10.8 Å². The summed E-state index contributed by atoms with van der Waals surface area (Å²) in [6.07, 6.45) is 1.58. The molecule has 0 radical (unpaired) electrons. The summed E-state index contributed by atoms with van der Waals surface area (Å²) < 4.78 is 5.33. The zero-order chi connectivity index (χ0) is 14.8. The first-order valence-corrected chi connectivity index (χ1v) is 7.48. The van der Waals surface area contributed by atoms with E-state index in [1.807, 2.05) is 6.07 Å². The number of esters is 1. The number of aliphatic hydroxyl groups is 1. The van der Waals surface area contributed by atoms with Gasteiger partial charge in [-0.05, 0) is 41.7 Å². The lowest BCUT2D eigenvalue weighted by Crippen LogP contribution is -2.32. The minimum absolute atomic E-state index is 0.129. The summed E-state index contributed by atoms with van der Waals surface area (Å²) in [5.41, 5.74) is 2.57. The third-order valence-corrected chi connectivity index (χ3v) is 4.23. The summed E-state index contributed by atoms with van der Waals surface area (Å²) in [6, 6.07) is 12.6. The van der Waals surface area contributed by atoms with Gasteiger partial charge < -0.3 is 9.84 Å². The zero-order valence-corrected chi connectivity index (χ0v) is 12.2. The molecule has 1 saturated heterocycles. The van der Waals surface area contributed by atoms with Crippen LogP contribution in [0.1, 0.15) is 30.4 Å². The van der Waals surface area contributed by atoms with Gasteiger partial charge in [0.1, 0.15) is 6.10 Å². The van der Waals surface area contributed by atoms with Crippen LogP contribution in [0.4, 0.5) is 0 Å². The molecule has 3 heteroatoms. The number of hydrogen-bond donors (Lipinski definition) is 1. The second-order valence-electron chi connectivity index (χ2n) is 5.83. The summed E-state index contributed by atoms with van der Waals surface area (Å²) >= 11 is 0. The molecule has 0 saturated carbocycles. The molecule has 0 unspecified atom stereocenters. The molecule has 110 valence electrons. The molecule has 0 aliphatic carbocycles. The molecule has 1 fully saturated rings. The molecule has 1 N–H and O–H groups in total. The molecule has 0 bridgehead atoms. The maximum atomic E-state index is 11.4. The highest BCUT2D eigenvalue weighted by atomic mass is 16.5. The normalized spacial score (nSPS) is 22.3. The topological polar surface area (TPSA) is 46.5 Å². The van der Waals surface area contributed by atoms with Crippen molar-refractivity contribution in [3.63, 3.8) is 0 Å². The van der Waals surface area contributed by atoms with Gasteiger partial charge >= 0.3 is 5.97 Å². The van der Waals surface area contributed by atoms with E-state index in [4.69, 9.17) is 4.74 Å². The van der Waals surface area contributed by atoms with Crippen LogP contribution in [-0.4, -0.2) is 23.3 Å². The Morgan fingerprint density at radius 1 is 1.24 bits per heavy atom. The average Bonchev–Trinajstić information content (AvgIpc) is 2.45. The third-order valence-electron chi connectivity index (χ3n) is 4.23. The quantitative estimate of drug-likeness (QED) is 0.881. The Labute approximate surface area is 124 Å². The SMILES string of the molecule is Cc1ccc2ccccc2c1CC[C@@H]1C[C@@H](O)CC(=O)O1. The Morgan fingerprint density at radius 2 is 2.05 bits per heavy atom. The van der Waals surface area contributed by atoms with Crippen LogP contribution in [-0.2, 0) is 16.0 Å². The second kappa shape index (κ2) is 5.86. The van der Waals surface area contributed by atoms with Crippen molar-refractivity contribution >= 4 is 16.7 Å². The Kier molecular flexibility index (Phi) is 3.93. The van der Waals surface area contributed by atoms with E-state index in [9.17, 15) is 9.90 Å². The third kappa shape index (κ3) is 3.08. The predicted molar refractivity (Wildman–Crippen MR) is 82.1 cm³/mol. The van der Waals surface area contributed by atoms with Gasteiger partial charge in [0.05, 0.1) is 12.5 Å². The van der Waals surface area contributed by atoms with Crippen molar-refractivity contribution in [2.75, 3.05) is 0 Å². The number of rotatable bonds is 3. The van der Waals surface area contributed by atoms with Gasteiger partial charge in [0.25, 0.3) is 0 Å². The number of aryl methyl sites for hydroxylation is 2. The molecule has 3 nitrogen and oxygen atoms in total. The number of cyclic esters (lactones) is 1. The van der Waals surface area contributed by atoms with E-state index in [1.165, 1.54) is 21.9 Å². The van der Waals surface area contributed by atoms with E-state index >= 15 is 0 Å². The van der Waals surface area contributed by atoms with Crippen molar-refractivity contribution in [2.45, 2.75) is 44.8 Å². The van der Waals surface area contributed by atoms with E-state index < -0.39 is 6.10 Å². The average molecular weight is 284 g/mol. The highest BCUT2D eigenvalue weighted by molar-refractivity contribution is 5.86. The Morgan fingerprint density at radius 3 is 2.86 bits per heavy atom. The maximum absolute atomic E-state index is 11.4. The van der Waals surface area contributed by atoms with Crippen molar-refractivity contribution in [3.05, 3.63) is 47.5 Å². The molecular weight excluding hydrogens is 264 g/mol. The van der Waals surface area contributed by atoms with Gasteiger partial charge in [-0.2, -0.15) is 0 Å². The summed E-state index contributed by atoms with van der Waals surface area (Å²) in [5, 5.41) is 12.2. The molecule has 0 amide bonds. The van der Waals surface area contributed by atoms with Gasteiger partial charge in [-0.15, -0.1) is 0 Å². The monoisotopic (exact) mass is 284 g/mol. The number of aliphatic hydroxyl groups excluding tert-OH is 1. The molecule has 0 spiro atoms. The first-order chi connectivity index (χ1) is 10.1. The standard InChI is InChI=1S/C18H20O3/c1-12-6-7-13-4-2-3-5-17(13)16(12)9-8-15-10-14(19)11-18(20)21-15/h2-7,14-15,19H,8-11H2,1H3/t14-,15-/m1/s1. The lowest BCUT2D eigenvalue weighted by Gasteiger charge is -2.26. The lowest BCUT2D eigenvalue weighted by molar-refractivity contribution is -0.160. The molecule has 2 aromatic rings. The predicted octanol–water partition coefficient (Wildman–Crippen LogP) is 3.15. The molecular formula is C18H20O3. The van der Waals surface area contributed by atoms with E-state index in [1.54, 1.807) is 0 Å². The fourth-order valence-electron chi connectivity index (χ4n) is 3.12. The summed E-state index contributed by atoms with van der Waals surface area (Å²) in [5.74, 6) is -0.284. The van der Waals surface area contributed by atoms with E-state index in [2.05, 4.69) is 37.3 Å². The number of hydrogen-bond acceptors (Lipinski definition) is 3. The fourth-order valence-corrected chi connectivity index (χ4v) is 3.12. The number of carbonyl (C=O) groups is 1. The van der Waals surface area contributed by atoms with Crippen LogP contribution >= 0.6 is 0 Å². The van der Waals surface area contributed by atoms with Crippen molar-refractivity contribution in [2.24, 2.45) is 0 Å². The molecule has 1 heterocycles. The van der Waals surface area contributed by atoms with Crippen LogP contribution in [0.3, 0.4) is 0 Å². The first-order valence-electron chi connectivity index (χ1n) is 7.48. The molecule has 1 aliphatic rings. The summed E-state index contributed by atoms with van der Waals surface area (Å²) in [6.45, 7) is 2.11. The van der Waals surface area contributed by atoms with Crippen LogP contribution in [0.2, 0.25) is 0 Å². The largest absolute Gasteiger partial charge is 0.462 e. The van der Waals surface area contributed by atoms with Crippen LogP contribution in [0, 0.1) is 6.92 Å². The Bertz CT molecular complexity index is 663. The first kappa shape index (κ1) is 14.1. The van der Waals surface area contributed by atoms with Gasteiger partial charge in [0.15, 0.2) is 0 Å². The Hall–Kier alpha value is -1.87. The summed E-state index contributed by atoms with van der Waals surface area (Å²) in [7, 11) is 0. The van der Waals surface area contributed by atoms with Crippen LogP contribution in [0.5, 0.6) is 0 Å². The minimum Gasteiger partial charge on any atom is -0.462 e. The lowest BCUT2D eigenvalue weighted by atomic mass is 9.93. The van der Waals surface area contributed by atoms with Gasteiger partial charge in [0, 0.05) is 6.42 Å². The van der Waals surface area contributed by atoms with E-state index in [-0.39, 0.29) is 18.5 Å². The maximum Gasteiger partial charge on any atom is 0.308 e. The molecule has 2 atom stereocenters. The smallest absolute Gasteiger partial charge is 0.308 e. The zero-order valence-electron chi connectivity index (χ0n) is 12.2. The number of fused-ring (bicyclic) bond motifs is 1. The van der Waals surface area contributed by atoms with Gasteiger partial charge in [0.2, 0.25) is 0 Å².